The molecule has 3 aromatic rings. The van der Waals surface area contributed by atoms with Gasteiger partial charge in [-0.05, 0) is 24.3 Å². The van der Waals surface area contributed by atoms with Crippen LogP contribution in [-0.4, -0.2) is 14.8 Å². The van der Waals surface area contributed by atoms with Gasteiger partial charge in [0.1, 0.15) is 0 Å². The first kappa shape index (κ1) is 12.3. The number of halogens is 1. The van der Waals surface area contributed by atoms with Crippen molar-refractivity contribution in [2.24, 2.45) is 0 Å². The van der Waals surface area contributed by atoms with E-state index in [4.69, 9.17) is 12.6 Å². The molecule has 5 heteroatoms. The summed E-state index contributed by atoms with van der Waals surface area (Å²) in [5.74, 6) is 0.748. The SMILES string of the molecule is [S-]c1nnc(-c2cccc(Br)c2)n1-c1ccccc1. The molecule has 3 nitrogen and oxygen atoms in total. The van der Waals surface area contributed by atoms with Crippen LogP contribution < -0.4 is 0 Å². The fourth-order valence-corrected chi connectivity index (χ4v) is 2.53. The Morgan fingerprint density at radius 1 is 0.947 bits per heavy atom. The standard InChI is InChI=1S/C14H10BrN3S/c15-11-6-4-5-10(9-11)13-16-17-14(19)18(13)12-7-2-1-3-8-12/h1-9H,(H,17,19)/p-1. The average Bonchev–Trinajstić information content (AvgIpc) is 2.82. The van der Waals surface area contributed by atoms with E-state index in [9.17, 15) is 0 Å². The van der Waals surface area contributed by atoms with Crippen molar-refractivity contribution in [3.05, 3.63) is 59.1 Å². The maximum atomic E-state index is 5.27. The minimum Gasteiger partial charge on any atom is -0.740 e. The smallest absolute Gasteiger partial charge is 0.167 e. The molecule has 0 spiro atoms. The zero-order chi connectivity index (χ0) is 13.2. The predicted molar refractivity (Wildman–Crippen MR) is 80.1 cm³/mol. The minimum atomic E-state index is 0.459. The highest BCUT2D eigenvalue weighted by Crippen LogP contribution is 2.25. The molecule has 0 aliphatic heterocycles. The van der Waals surface area contributed by atoms with E-state index in [-0.39, 0.29) is 0 Å². The molecule has 1 heterocycles. The molecule has 2 aromatic carbocycles. The molecule has 0 fully saturated rings. The van der Waals surface area contributed by atoms with Crippen LogP contribution in [0.4, 0.5) is 0 Å². The van der Waals surface area contributed by atoms with Crippen molar-refractivity contribution in [2.45, 2.75) is 5.16 Å². The van der Waals surface area contributed by atoms with Gasteiger partial charge in [-0.25, -0.2) is 0 Å². The molecule has 0 aliphatic rings. The Morgan fingerprint density at radius 2 is 1.74 bits per heavy atom. The summed E-state index contributed by atoms with van der Waals surface area (Å²) in [5, 5.41) is 8.66. The topological polar surface area (TPSA) is 30.7 Å². The number of rotatable bonds is 2. The Hall–Kier alpha value is -1.72. The Morgan fingerprint density at radius 3 is 2.47 bits per heavy atom. The van der Waals surface area contributed by atoms with Gasteiger partial charge in [0, 0.05) is 20.9 Å². The lowest BCUT2D eigenvalue weighted by Crippen LogP contribution is -1.99. The van der Waals surface area contributed by atoms with Crippen molar-refractivity contribution in [3.63, 3.8) is 0 Å². The summed E-state index contributed by atoms with van der Waals surface area (Å²) in [4.78, 5) is 0. The van der Waals surface area contributed by atoms with Gasteiger partial charge in [0.05, 0.1) is 0 Å². The van der Waals surface area contributed by atoms with Crippen molar-refractivity contribution in [1.29, 1.82) is 0 Å². The molecule has 0 bridgehead atoms. The summed E-state index contributed by atoms with van der Waals surface area (Å²) in [5.41, 5.74) is 1.94. The maximum Gasteiger partial charge on any atom is 0.167 e. The molecule has 94 valence electrons. The Bertz CT molecular complexity index is 710. The third-order valence-corrected chi connectivity index (χ3v) is 3.49. The first-order valence-corrected chi connectivity index (χ1v) is 6.89. The number of benzene rings is 2. The van der Waals surface area contributed by atoms with E-state index in [0.29, 0.717) is 5.16 Å². The summed E-state index contributed by atoms with van der Waals surface area (Å²) in [6, 6.07) is 17.8. The van der Waals surface area contributed by atoms with E-state index in [1.54, 1.807) is 0 Å². The van der Waals surface area contributed by atoms with Crippen LogP contribution >= 0.6 is 15.9 Å². The summed E-state index contributed by atoms with van der Waals surface area (Å²) in [6.45, 7) is 0. The summed E-state index contributed by atoms with van der Waals surface area (Å²) >= 11 is 8.73. The quantitative estimate of drug-likeness (QED) is 0.672. The fraction of sp³-hybridized carbons (Fsp3) is 0. The van der Waals surface area contributed by atoms with Gasteiger partial charge in [0.15, 0.2) is 5.82 Å². The third-order valence-electron chi connectivity index (χ3n) is 2.73. The van der Waals surface area contributed by atoms with Crippen LogP contribution in [-0.2, 0) is 12.6 Å². The normalized spacial score (nSPS) is 10.6. The molecule has 0 atom stereocenters. The lowest BCUT2D eigenvalue weighted by atomic mass is 10.2. The Kier molecular flexibility index (Phi) is 3.31. The van der Waals surface area contributed by atoms with Crippen molar-refractivity contribution in [2.75, 3.05) is 0 Å². The molecule has 0 saturated heterocycles. The van der Waals surface area contributed by atoms with Crippen LogP contribution in [0.15, 0.2) is 64.2 Å². The molecular formula is C14H9BrN3S-. The molecule has 1 aromatic heterocycles. The molecule has 0 saturated carbocycles. The molecule has 0 amide bonds. The average molecular weight is 331 g/mol. The second kappa shape index (κ2) is 5.11. The van der Waals surface area contributed by atoms with Crippen molar-refractivity contribution in [1.82, 2.24) is 14.8 Å². The largest absolute Gasteiger partial charge is 0.740 e. The lowest BCUT2D eigenvalue weighted by molar-refractivity contribution is 0.891. The van der Waals surface area contributed by atoms with Gasteiger partial charge < -0.3 is 12.6 Å². The first-order valence-electron chi connectivity index (χ1n) is 5.69. The summed E-state index contributed by atoms with van der Waals surface area (Å²) < 4.78 is 2.87. The molecular weight excluding hydrogens is 322 g/mol. The van der Waals surface area contributed by atoms with Gasteiger partial charge in [-0.15, -0.1) is 5.10 Å². The van der Waals surface area contributed by atoms with E-state index < -0.39 is 0 Å². The molecule has 19 heavy (non-hydrogen) atoms. The highest BCUT2D eigenvalue weighted by atomic mass is 79.9. The summed E-state index contributed by atoms with van der Waals surface area (Å²) in [6.07, 6.45) is 0. The third kappa shape index (κ3) is 2.39. The number of para-hydroxylation sites is 1. The fourth-order valence-electron chi connectivity index (χ4n) is 1.89. The van der Waals surface area contributed by atoms with Crippen LogP contribution in [0.25, 0.3) is 17.1 Å². The summed E-state index contributed by atoms with van der Waals surface area (Å²) in [7, 11) is 0. The van der Waals surface area contributed by atoms with Crippen LogP contribution in [0.5, 0.6) is 0 Å². The van der Waals surface area contributed by atoms with E-state index >= 15 is 0 Å². The second-order valence-electron chi connectivity index (χ2n) is 3.99. The zero-order valence-electron chi connectivity index (χ0n) is 9.82. The number of nitrogens with zero attached hydrogens (tertiary/aromatic N) is 3. The van der Waals surface area contributed by atoms with Gasteiger partial charge in [0.25, 0.3) is 0 Å². The van der Waals surface area contributed by atoms with Crippen molar-refractivity contribution >= 4 is 28.6 Å². The molecule has 0 N–H and O–H groups in total. The van der Waals surface area contributed by atoms with E-state index in [1.165, 1.54) is 0 Å². The van der Waals surface area contributed by atoms with Gasteiger partial charge in [-0.2, -0.15) is 5.10 Å². The molecule has 3 rings (SSSR count). The number of hydrogen-bond acceptors (Lipinski definition) is 3. The van der Waals surface area contributed by atoms with E-state index in [2.05, 4.69) is 26.1 Å². The van der Waals surface area contributed by atoms with Crippen LogP contribution in [0, 0.1) is 0 Å². The van der Waals surface area contributed by atoms with E-state index in [0.717, 1.165) is 21.5 Å². The highest BCUT2D eigenvalue weighted by Gasteiger charge is 2.09. The van der Waals surface area contributed by atoms with E-state index in [1.807, 2.05) is 59.2 Å². The predicted octanol–water partition coefficient (Wildman–Crippen LogP) is 3.60. The zero-order valence-corrected chi connectivity index (χ0v) is 12.2. The van der Waals surface area contributed by atoms with Crippen LogP contribution in [0.3, 0.4) is 0 Å². The highest BCUT2D eigenvalue weighted by molar-refractivity contribution is 9.10. The Balaban J connectivity index is 2.19. The van der Waals surface area contributed by atoms with Crippen LogP contribution in [0.1, 0.15) is 0 Å². The molecule has 0 unspecified atom stereocenters. The molecule has 0 radical (unpaired) electrons. The van der Waals surface area contributed by atoms with Gasteiger partial charge in [0.2, 0.25) is 0 Å². The monoisotopic (exact) mass is 330 g/mol. The maximum absolute atomic E-state index is 5.27. The number of hydrogen-bond donors (Lipinski definition) is 0. The van der Waals surface area contributed by atoms with Gasteiger partial charge in [-0.3, -0.25) is 4.57 Å². The molecule has 0 aliphatic carbocycles. The first-order chi connectivity index (χ1) is 9.25. The van der Waals surface area contributed by atoms with Crippen molar-refractivity contribution < 1.29 is 0 Å². The van der Waals surface area contributed by atoms with Crippen molar-refractivity contribution in [3.8, 4) is 17.1 Å². The second-order valence-corrected chi connectivity index (χ2v) is 5.27. The number of aromatic nitrogens is 3. The Labute approximate surface area is 124 Å². The van der Waals surface area contributed by atoms with Gasteiger partial charge >= 0.3 is 0 Å². The van der Waals surface area contributed by atoms with Crippen LogP contribution in [0.2, 0.25) is 0 Å². The minimum absolute atomic E-state index is 0.459. The van der Waals surface area contributed by atoms with Gasteiger partial charge in [-0.1, -0.05) is 46.3 Å². The lowest BCUT2D eigenvalue weighted by Gasteiger charge is -2.13.